The molecule has 0 aliphatic heterocycles. The number of hydrogen-bond acceptors (Lipinski definition) is 23. The molecular weight excluding hydrogens is 1490 g/mol. The number of nitrogen functional groups attached to an aromatic ring is 3. The number of imidazole rings is 3. The lowest BCUT2D eigenvalue weighted by Crippen LogP contribution is -2.34. The summed E-state index contributed by atoms with van der Waals surface area (Å²) in [6.45, 7) is 5.99. The topological polar surface area (TPSA) is 427 Å². The van der Waals surface area contributed by atoms with Crippen molar-refractivity contribution in [3.63, 3.8) is 0 Å². The summed E-state index contributed by atoms with van der Waals surface area (Å²) in [5.41, 5.74) is 24.8. The number of benzene rings is 6. The first kappa shape index (κ1) is 79.0. The van der Waals surface area contributed by atoms with Crippen molar-refractivity contribution in [3.05, 3.63) is 298 Å². The van der Waals surface area contributed by atoms with Crippen molar-refractivity contribution in [3.8, 4) is 34.1 Å². The first-order chi connectivity index (χ1) is 56.3. The van der Waals surface area contributed by atoms with Gasteiger partial charge in [0.1, 0.15) is 58.6 Å². The van der Waals surface area contributed by atoms with Crippen LogP contribution in [-0.4, -0.2) is 154 Å². The van der Waals surface area contributed by atoms with Crippen molar-refractivity contribution < 1.29 is 28.7 Å². The number of fused-ring (bicyclic) bond motifs is 3. The maximum absolute atomic E-state index is 13.9. The second-order valence-corrected chi connectivity index (χ2v) is 27.2. The van der Waals surface area contributed by atoms with Crippen molar-refractivity contribution in [2.24, 2.45) is 0 Å². The maximum atomic E-state index is 13.9. The highest BCUT2D eigenvalue weighted by atomic mass is 16.6. The minimum Gasteiger partial charge on any atom is -0.443 e. The van der Waals surface area contributed by atoms with E-state index in [1.807, 2.05) is 43.3 Å². The second-order valence-electron chi connectivity index (χ2n) is 27.2. The molecule has 15 aromatic rings. The van der Waals surface area contributed by atoms with E-state index in [2.05, 4.69) is 66.1 Å². The van der Waals surface area contributed by atoms with Crippen molar-refractivity contribution in [2.75, 3.05) is 90.1 Å². The molecule has 0 aliphatic carbocycles. The second kappa shape index (κ2) is 34.2. The number of likely N-dealkylation sites (N-methyl/N-ethyl adjacent to an activating group) is 2. The summed E-state index contributed by atoms with van der Waals surface area (Å²) in [6.07, 6.45) is 11.4. The van der Waals surface area contributed by atoms with E-state index in [-0.39, 0.29) is 52.4 Å². The molecule has 34 nitrogen and oxygen atoms in total. The van der Waals surface area contributed by atoms with Crippen molar-refractivity contribution in [1.29, 1.82) is 0 Å². The van der Waals surface area contributed by atoms with Crippen LogP contribution in [0.5, 0.6) is 0 Å². The Hall–Kier alpha value is -16.1. The van der Waals surface area contributed by atoms with E-state index in [1.54, 1.807) is 243 Å². The Morgan fingerprint density at radius 1 is 0.410 bits per heavy atom. The molecule has 6 aromatic carbocycles. The van der Waals surface area contributed by atoms with Gasteiger partial charge in [0.2, 0.25) is 5.91 Å². The predicted molar refractivity (Wildman–Crippen MR) is 448 cm³/mol. The van der Waals surface area contributed by atoms with Gasteiger partial charge in [-0.2, -0.15) is 0 Å². The van der Waals surface area contributed by atoms with Gasteiger partial charge >= 0.3 is 23.2 Å². The molecule has 0 fully saturated rings. The summed E-state index contributed by atoms with van der Waals surface area (Å²) < 4.78 is 14.0. The molecule has 10 N–H and O–H groups in total. The maximum Gasteiger partial charge on any atom is 0.414 e. The molecule has 0 atom stereocenters. The largest absolute Gasteiger partial charge is 0.443 e. The van der Waals surface area contributed by atoms with Gasteiger partial charge in [-0.15, -0.1) is 0 Å². The lowest BCUT2D eigenvalue weighted by atomic mass is 10.2. The molecule has 0 bridgehead atoms. The summed E-state index contributed by atoms with van der Waals surface area (Å²) in [4.78, 5) is 147. The lowest BCUT2D eigenvalue weighted by Gasteiger charge is -2.25. The Morgan fingerprint density at radius 3 is 1.09 bits per heavy atom. The first-order valence-corrected chi connectivity index (χ1v) is 36.1. The zero-order chi connectivity index (χ0) is 82.8. The fourth-order valence-electron chi connectivity index (χ4n) is 12.2. The highest BCUT2D eigenvalue weighted by molar-refractivity contribution is 6.06. The van der Waals surface area contributed by atoms with Gasteiger partial charge in [0.25, 0.3) is 17.7 Å². The van der Waals surface area contributed by atoms with Crippen LogP contribution in [0.25, 0.3) is 67.6 Å². The molecule has 5 amide bonds. The van der Waals surface area contributed by atoms with E-state index in [1.165, 1.54) is 62.3 Å². The molecule has 0 radical (unpaired) electrons. The number of rotatable bonds is 18. The van der Waals surface area contributed by atoms with Gasteiger partial charge in [0.05, 0.1) is 34.1 Å². The fourth-order valence-corrected chi connectivity index (χ4v) is 12.2. The van der Waals surface area contributed by atoms with Gasteiger partial charge in [-0.25, -0.2) is 77.7 Å². The first-order valence-electron chi connectivity index (χ1n) is 36.1. The average Bonchev–Trinajstić information content (AvgIpc) is 1.60. The third-order valence-electron chi connectivity index (χ3n) is 17.9. The minimum atomic E-state index is -0.670. The quantitative estimate of drug-likeness (QED) is 0.0393. The van der Waals surface area contributed by atoms with Crippen molar-refractivity contribution in [2.45, 2.75) is 26.4 Å². The summed E-state index contributed by atoms with van der Waals surface area (Å²) in [7, 11) is 8.89. The van der Waals surface area contributed by atoms with Crippen LogP contribution in [-0.2, 0) is 9.53 Å². The molecule has 588 valence electrons. The predicted octanol–water partition coefficient (Wildman–Crippen LogP) is 9.90. The number of nitrogens with two attached hydrogens (primary N) is 3. The molecule has 9 aromatic heterocycles. The third kappa shape index (κ3) is 17.3. The normalized spacial score (nSPS) is 11.2. The van der Waals surface area contributed by atoms with Crippen molar-refractivity contribution in [1.82, 2.24) is 77.2 Å². The Balaban J connectivity index is 0.000000153. The number of nitrogens with one attached hydrogen (secondary N) is 4. The molecule has 0 unspecified atom stereocenters. The summed E-state index contributed by atoms with van der Waals surface area (Å²) in [6, 6.07) is 56.5. The van der Waals surface area contributed by atoms with Crippen LogP contribution >= 0.6 is 0 Å². The molecule has 0 saturated carbocycles. The highest BCUT2D eigenvalue weighted by Crippen LogP contribution is 2.30. The number of anilines is 9. The van der Waals surface area contributed by atoms with E-state index >= 15 is 0 Å². The van der Waals surface area contributed by atoms with Crippen LogP contribution in [0.2, 0.25) is 0 Å². The van der Waals surface area contributed by atoms with Crippen molar-refractivity contribution >= 4 is 115 Å². The molecule has 15 rings (SSSR count). The smallest absolute Gasteiger partial charge is 0.414 e. The van der Waals surface area contributed by atoms with E-state index in [0.717, 1.165) is 5.69 Å². The van der Waals surface area contributed by atoms with Crippen LogP contribution in [0.15, 0.2) is 264 Å². The van der Waals surface area contributed by atoms with Crippen LogP contribution in [0, 0.1) is 0 Å². The number of aromatic nitrogens is 15. The zero-order valence-electron chi connectivity index (χ0n) is 64.3. The Bertz CT molecular complexity index is 6440. The third-order valence-corrected chi connectivity index (χ3v) is 17.9. The molecule has 0 spiro atoms. The number of pyridine rings is 3. The van der Waals surface area contributed by atoms with Gasteiger partial charge in [-0.3, -0.25) is 37.8 Å². The molecule has 9 heterocycles. The van der Waals surface area contributed by atoms with E-state index in [0.29, 0.717) is 114 Å². The fraction of sp³-hybridized carbons (Fsp3) is 0.120. The van der Waals surface area contributed by atoms with Crippen LogP contribution < -0.4 is 65.3 Å². The number of carbonyl (C=O) groups is 5. The number of amides is 5. The highest BCUT2D eigenvalue weighted by Gasteiger charge is 2.27. The van der Waals surface area contributed by atoms with Crippen LogP contribution in [0.1, 0.15) is 51.8 Å². The summed E-state index contributed by atoms with van der Waals surface area (Å²) in [5, 5.41) is 11.3. The summed E-state index contributed by atoms with van der Waals surface area (Å²) in [5.74, 6) is 0.470. The zero-order valence-corrected chi connectivity index (χ0v) is 64.3. The molecule has 0 aliphatic rings. The van der Waals surface area contributed by atoms with E-state index in [4.69, 9.17) is 21.9 Å². The van der Waals surface area contributed by atoms with Gasteiger partial charge in [-0.1, -0.05) is 42.5 Å². The minimum absolute atomic E-state index is 0.102. The van der Waals surface area contributed by atoms with Crippen LogP contribution in [0.3, 0.4) is 0 Å². The Kier molecular flexibility index (Phi) is 23.1. The molecule has 0 saturated heterocycles. The number of nitrogens with zero attached hydrogens (tertiary/aromatic N) is 18. The van der Waals surface area contributed by atoms with Gasteiger partial charge in [-0.05, 0) is 199 Å². The molecular formula is C83H77N25O9. The number of ether oxygens (including phenoxy) is 1. The Labute approximate surface area is 666 Å². The molecule has 34 heteroatoms. The van der Waals surface area contributed by atoms with Crippen LogP contribution in [0.4, 0.5) is 56.8 Å². The van der Waals surface area contributed by atoms with Gasteiger partial charge in [0, 0.05) is 86.1 Å². The lowest BCUT2D eigenvalue weighted by molar-refractivity contribution is -0.113. The van der Waals surface area contributed by atoms with Gasteiger partial charge < -0.3 is 53.0 Å². The average molecular weight is 1570 g/mol. The SMILES string of the molecule is CN(C(=O)OC(C)(C)C)c1cccc(-n2c(=O)n(-c3ccc(C(=O)Nc4ccccn4)cc3)c3c(N)ncnc32)c1.CN(C)C/C=C/C(=O)N(C)c1cccc(-n2c(=O)n(-c3ccc(C(=O)Nc4ccccn4)cc3)c3c(N)ncnc32)c1.CNc1cccc(-n2c(=O)n(-c3ccc(C(=O)Nc4ccccn4)cc3)c3c(N)ncnc32)c1. The summed E-state index contributed by atoms with van der Waals surface area (Å²) >= 11 is 0. The van der Waals surface area contributed by atoms with Gasteiger partial charge in [0.15, 0.2) is 34.4 Å². The van der Waals surface area contributed by atoms with E-state index in [9.17, 15) is 38.4 Å². The Morgan fingerprint density at radius 2 is 0.761 bits per heavy atom. The number of hydrogen-bond donors (Lipinski definition) is 7. The standard InChI is InChI=1S/C30H29N9O3.C29H28N8O4.C24H20N8O2/c1-36(2)17-7-11-25(40)37(3)22-8-6-9-23(18-22)39-28-26(27(31)33-19-34-28)38(30(39)42)21-14-12-20(13-15-21)29(41)35-24-10-4-5-16-32-24;1-29(2,3)41-28(40)35(4)20-8-7-9-21(16-20)37-25-23(24(30)32-17-33-25)36(27(37)39)19-13-11-18(12-14-19)26(38)34-22-10-5-6-15-31-22;1-26-16-5-4-6-18(13-16)32-22-20(21(25)28-14-29-22)31(24(32)34)17-10-8-15(9-11-17)23(33)30-19-7-2-3-12-27-19/h4-16,18-19H,17H2,1-3H3,(H2,31,33,34)(H,32,35,41);5-17H,1-4H3,(H2,30,32,33)(H,31,34,38);2-14,26H,1H3,(H2,25,28,29)(H,27,30,33)/b11-7+;;. The monoisotopic (exact) mass is 1570 g/mol. The number of carbonyl (C=O) groups excluding carboxylic acids is 5. The molecule has 117 heavy (non-hydrogen) atoms. The van der Waals surface area contributed by atoms with E-state index < -0.39 is 23.1 Å².